The van der Waals surface area contributed by atoms with Crippen LogP contribution < -0.4 is 0 Å². The Morgan fingerprint density at radius 1 is 1.69 bits per heavy atom. The molecule has 0 aromatic carbocycles. The Labute approximate surface area is 79.0 Å². The summed E-state index contributed by atoms with van der Waals surface area (Å²) in [4.78, 5) is 11.6. The number of hydrogen-bond donors (Lipinski definition) is 2. The lowest BCUT2D eigenvalue weighted by molar-refractivity contribution is -0.143. The standard InChI is InChI=1S/C8H9NO3S/c10-6-1-4(8(11)12)2-7-5(6)3-9-13-7/h3-4,6,10H,1-2H2,(H,11,12). The van der Waals surface area contributed by atoms with Gasteiger partial charge < -0.3 is 10.2 Å². The van der Waals surface area contributed by atoms with Gasteiger partial charge in [-0.1, -0.05) is 0 Å². The normalized spacial score (nSPS) is 26.8. The van der Waals surface area contributed by atoms with Crippen LogP contribution >= 0.6 is 11.5 Å². The summed E-state index contributed by atoms with van der Waals surface area (Å²) in [6.07, 6.45) is 1.79. The lowest BCUT2D eigenvalue weighted by Gasteiger charge is -2.22. The largest absolute Gasteiger partial charge is 0.481 e. The van der Waals surface area contributed by atoms with Gasteiger partial charge in [0, 0.05) is 16.6 Å². The predicted octanol–water partition coefficient (Wildman–Crippen LogP) is 0.824. The van der Waals surface area contributed by atoms with Gasteiger partial charge in [-0.2, -0.15) is 0 Å². The number of carboxylic acid groups (broad SMARTS) is 1. The molecule has 1 aromatic heterocycles. The van der Waals surface area contributed by atoms with Crippen LogP contribution in [0.3, 0.4) is 0 Å². The van der Waals surface area contributed by atoms with Gasteiger partial charge in [-0.3, -0.25) is 4.79 Å². The zero-order valence-corrected chi connectivity index (χ0v) is 7.62. The van der Waals surface area contributed by atoms with Crippen LogP contribution in [0.4, 0.5) is 0 Å². The van der Waals surface area contributed by atoms with Gasteiger partial charge in [-0.15, -0.1) is 0 Å². The van der Waals surface area contributed by atoms with Gasteiger partial charge in [0.05, 0.1) is 12.0 Å². The van der Waals surface area contributed by atoms with Gasteiger partial charge >= 0.3 is 5.97 Å². The Balaban J connectivity index is 2.28. The van der Waals surface area contributed by atoms with E-state index in [1.807, 2.05) is 0 Å². The molecule has 4 nitrogen and oxygen atoms in total. The fourth-order valence-electron chi connectivity index (χ4n) is 1.59. The molecule has 13 heavy (non-hydrogen) atoms. The maximum absolute atomic E-state index is 10.7. The second-order valence-electron chi connectivity index (χ2n) is 3.20. The van der Waals surface area contributed by atoms with E-state index in [9.17, 15) is 9.90 Å². The van der Waals surface area contributed by atoms with Crippen LogP contribution in [-0.2, 0) is 11.2 Å². The first kappa shape index (κ1) is 8.65. The Bertz CT molecular complexity index is 336. The number of carboxylic acids is 1. The number of carbonyl (C=O) groups is 1. The molecule has 1 aliphatic rings. The Morgan fingerprint density at radius 2 is 2.46 bits per heavy atom. The Kier molecular flexibility index (Phi) is 2.05. The van der Waals surface area contributed by atoms with Crippen LogP contribution in [0.25, 0.3) is 0 Å². The second-order valence-corrected chi connectivity index (χ2v) is 4.08. The van der Waals surface area contributed by atoms with Gasteiger partial charge in [0.15, 0.2) is 0 Å². The molecule has 2 unspecified atom stereocenters. The number of aliphatic hydroxyl groups is 1. The molecule has 0 amide bonds. The molecule has 1 aliphatic carbocycles. The number of aliphatic carboxylic acids is 1. The fraction of sp³-hybridized carbons (Fsp3) is 0.500. The summed E-state index contributed by atoms with van der Waals surface area (Å²) in [6, 6.07) is 0. The third kappa shape index (κ3) is 1.45. The number of hydrogen-bond acceptors (Lipinski definition) is 4. The lowest BCUT2D eigenvalue weighted by Crippen LogP contribution is -2.23. The van der Waals surface area contributed by atoms with Crippen molar-refractivity contribution in [2.45, 2.75) is 18.9 Å². The minimum atomic E-state index is -0.835. The summed E-state index contributed by atoms with van der Waals surface area (Å²) >= 11 is 1.28. The van der Waals surface area contributed by atoms with Crippen molar-refractivity contribution in [2.75, 3.05) is 0 Å². The van der Waals surface area contributed by atoms with Gasteiger partial charge in [-0.05, 0) is 24.4 Å². The molecule has 2 N–H and O–H groups in total. The summed E-state index contributed by atoms with van der Waals surface area (Å²) in [6.45, 7) is 0. The number of aromatic nitrogens is 1. The molecule has 1 aromatic rings. The second kappa shape index (κ2) is 3.08. The average Bonchev–Trinajstić information content (AvgIpc) is 2.51. The van der Waals surface area contributed by atoms with Gasteiger partial charge in [0.2, 0.25) is 0 Å². The minimum absolute atomic E-state index is 0.306. The molecule has 0 radical (unpaired) electrons. The molecule has 0 bridgehead atoms. The monoisotopic (exact) mass is 199 g/mol. The van der Waals surface area contributed by atoms with Crippen molar-refractivity contribution >= 4 is 17.5 Å². The highest BCUT2D eigenvalue weighted by Crippen LogP contribution is 2.34. The van der Waals surface area contributed by atoms with Crippen molar-refractivity contribution in [2.24, 2.45) is 5.92 Å². The Morgan fingerprint density at radius 3 is 3.15 bits per heavy atom. The molecule has 1 heterocycles. The summed E-state index contributed by atoms with van der Waals surface area (Å²) in [5.74, 6) is -1.29. The lowest BCUT2D eigenvalue weighted by atomic mass is 9.87. The van der Waals surface area contributed by atoms with E-state index in [0.29, 0.717) is 12.8 Å². The maximum atomic E-state index is 10.7. The Hall–Kier alpha value is -0.940. The summed E-state index contributed by atoms with van der Waals surface area (Å²) < 4.78 is 3.94. The van der Waals surface area contributed by atoms with E-state index >= 15 is 0 Å². The van der Waals surface area contributed by atoms with E-state index < -0.39 is 18.0 Å². The van der Waals surface area contributed by atoms with Crippen molar-refractivity contribution in [1.29, 1.82) is 0 Å². The molecular weight excluding hydrogens is 190 g/mol. The third-order valence-electron chi connectivity index (χ3n) is 2.32. The van der Waals surface area contributed by atoms with E-state index in [2.05, 4.69) is 4.37 Å². The van der Waals surface area contributed by atoms with Crippen molar-refractivity contribution in [1.82, 2.24) is 4.37 Å². The van der Waals surface area contributed by atoms with Crippen molar-refractivity contribution < 1.29 is 15.0 Å². The molecule has 70 valence electrons. The highest BCUT2D eigenvalue weighted by atomic mass is 32.1. The van der Waals surface area contributed by atoms with Crippen molar-refractivity contribution in [3.8, 4) is 0 Å². The predicted molar refractivity (Wildman–Crippen MR) is 46.5 cm³/mol. The van der Waals surface area contributed by atoms with E-state index in [0.717, 1.165) is 10.4 Å². The van der Waals surface area contributed by atoms with Crippen LogP contribution in [0.2, 0.25) is 0 Å². The zero-order valence-electron chi connectivity index (χ0n) is 6.80. The molecule has 0 spiro atoms. The molecular formula is C8H9NO3S. The third-order valence-corrected chi connectivity index (χ3v) is 3.16. The SMILES string of the molecule is O=C(O)C1Cc2sncc2C(O)C1. The summed E-state index contributed by atoms with van der Waals surface area (Å²) in [5, 5.41) is 18.4. The highest BCUT2D eigenvalue weighted by Gasteiger charge is 2.31. The van der Waals surface area contributed by atoms with Crippen LogP contribution in [0, 0.1) is 5.92 Å². The smallest absolute Gasteiger partial charge is 0.306 e. The van der Waals surface area contributed by atoms with Crippen molar-refractivity contribution in [3.63, 3.8) is 0 Å². The highest BCUT2D eigenvalue weighted by molar-refractivity contribution is 7.05. The number of aliphatic hydroxyl groups excluding tert-OH is 1. The van der Waals surface area contributed by atoms with E-state index in [1.54, 1.807) is 6.20 Å². The van der Waals surface area contributed by atoms with E-state index in [1.165, 1.54) is 11.5 Å². The molecule has 0 fully saturated rings. The van der Waals surface area contributed by atoms with Crippen LogP contribution in [0.5, 0.6) is 0 Å². The molecule has 5 heteroatoms. The zero-order chi connectivity index (χ0) is 9.42. The van der Waals surface area contributed by atoms with Crippen molar-refractivity contribution in [3.05, 3.63) is 16.6 Å². The molecule has 2 atom stereocenters. The number of fused-ring (bicyclic) bond motifs is 1. The summed E-state index contributed by atoms with van der Waals surface area (Å²) in [5.41, 5.74) is 0.808. The first-order valence-corrected chi connectivity index (χ1v) is 4.80. The topological polar surface area (TPSA) is 70.4 Å². The van der Waals surface area contributed by atoms with Gasteiger partial charge in [0.25, 0.3) is 0 Å². The molecule has 0 aliphatic heterocycles. The van der Waals surface area contributed by atoms with E-state index in [4.69, 9.17) is 5.11 Å². The van der Waals surface area contributed by atoms with Crippen LogP contribution in [-0.4, -0.2) is 20.6 Å². The first-order valence-electron chi connectivity index (χ1n) is 4.03. The number of nitrogens with zero attached hydrogens (tertiary/aromatic N) is 1. The summed E-state index contributed by atoms with van der Waals surface area (Å²) in [7, 11) is 0. The van der Waals surface area contributed by atoms with Gasteiger partial charge in [-0.25, -0.2) is 4.37 Å². The minimum Gasteiger partial charge on any atom is -0.481 e. The average molecular weight is 199 g/mol. The quantitative estimate of drug-likeness (QED) is 0.702. The van der Waals surface area contributed by atoms with Gasteiger partial charge in [0.1, 0.15) is 0 Å². The molecule has 2 rings (SSSR count). The first-order chi connectivity index (χ1) is 6.18. The van der Waals surface area contributed by atoms with E-state index in [-0.39, 0.29) is 0 Å². The molecule has 0 saturated heterocycles. The molecule has 0 saturated carbocycles. The van der Waals surface area contributed by atoms with Crippen LogP contribution in [0.1, 0.15) is 23.0 Å². The van der Waals surface area contributed by atoms with Crippen LogP contribution in [0.15, 0.2) is 6.20 Å². The number of rotatable bonds is 1. The fourth-order valence-corrected chi connectivity index (χ4v) is 2.45. The maximum Gasteiger partial charge on any atom is 0.306 e.